The minimum Gasteiger partial charge on any atom is -0.379 e. The summed E-state index contributed by atoms with van der Waals surface area (Å²) in [5.41, 5.74) is 7.18. The van der Waals surface area contributed by atoms with E-state index in [1.54, 1.807) is 0 Å². The van der Waals surface area contributed by atoms with Crippen molar-refractivity contribution >= 4 is 5.91 Å². The summed E-state index contributed by atoms with van der Waals surface area (Å²) in [6.45, 7) is 9.47. The second-order valence-corrected chi connectivity index (χ2v) is 9.03. The Morgan fingerprint density at radius 3 is 2.45 bits per heavy atom. The van der Waals surface area contributed by atoms with Gasteiger partial charge in [0.1, 0.15) is 5.69 Å². The number of aromatic nitrogens is 2. The highest BCUT2D eigenvalue weighted by atomic mass is 16.5. The molecule has 0 aliphatic carbocycles. The topological polar surface area (TPSA) is 61.5 Å². The molecule has 1 fully saturated rings. The summed E-state index contributed by atoms with van der Waals surface area (Å²) in [7, 11) is 0. The molecule has 6 nitrogen and oxygen atoms in total. The van der Waals surface area contributed by atoms with E-state index in [1.165, 1.54) is 11.1 Å². The molecule has 1 amide bonds. The predicted molar refractivity (Wildman–Crippen MR) is 129 cm³/mol. The Bertz CT molecular complexity index is 1100. The minimum absolute atomic E-state index is 0.0439. The Morgan fingerprint density at radius 2 is 1.76 bits per heavy atom. The number of carbonyl (C=O) groups excluding carboxylic acids is 1. The number of aromatic amines is 1. The summed E-state index contributed by atoms with van der Waals surface area (Å²) in [5.74, 6) is 0.0439. The van der Waals surface area contributed by atoms with Crippen LogP contribution in [0.1, 0.15) is 52.1 Å². The molecule has 1 unspecified atom stereocenters. The molecule has 1 N–H and O–H groups in total. The normalized spacial score (nSPS) is 18.7. The number of hydrogen-bond acceptors (Lipinski definition) is 4. The van der Waals surface area contributed by atoms with Crippen LogP contribution < -0.4 is 0 Å². The molecule has 1 saturated heterocycles. The number of benzene rings is 2. The van der Waals surface area contributed by atoms with Gasteiger partial charge in [-0.2, -0.15) is 5.10 Å². The first-order valence-corrected chi connectivity index (χ1v) is 12.0. The van der Waals surface area contributed by atoms with E-state index in [9.17, 15) is 4.79 Å². The van der Waals surface area contributed by atoms with Crippen molar-refractivity contribution < 1.29 is 9.53 Å². The molecule has 3 aromatic rings. The molecule has 6 heteroatoms. The molecule has 2 aliphatic rings. The summed E-state index contributed by atoms with van der Waals surface area (Å²) in [6.07, 6.45) is 1.94. The average molecular weight is 445 g/mol. The van der Waals surface area contributed by atoms with E-state index in [1.807, 2.05) is 4.90 Å². The van der Waals surface area contributed by atoms with Gasteiger partial charge in [-0.3, -0.25) is 14.8 Å². The number of morpholine rings is 1. The highest BCUT2D eigenvalue weighted by molar-refractivity contribution is 6.00. The van der Waals surface area contributed by atoms with E-state index in [0.29, 0.717) is 12.2 Å². The van der Waals surface area contributed by atoms with E-state index in [0.717, 1.165) is 68.1 Å². The van der Waals surface area contributed by atoms with E-state index in [-0.39, 0.29) is 11.9 Å². The van der Waals surface area contributed by atoms with Crippen LogP contribution in [0.5, 0.6) is 0 Å². The van der Waals surface area contributed by atoms with Crippen LogP contribution in [0.3, 0.4) is 0 Å². The lowest BCUT2D eigenvalue weighted by atomic mass is 9.95. The number of hydrogen-bond donors (Lipinski definition) is 1. The van der Waals surface area contributed by atoms with Crippen molar-refractivity contribution in [3.05, 3.63) is 76.5 Å². The van der Waals surface area contributed by atoms with E-state index in [2.05, 4.69) is 77.5 Å². The molecular weight excluding hydrogens is 412 g/mol. The van der Waals surface area contributed by atoms with E-state index < -0.39 is 0 Å². The Kier molecular flexibility index (Phi) is 6.29. The second-order valence-electron chi connectivity index (χ2n) is 9.03. The van der Waals surface area contributed by atoms with Crippen molar-refractivity contribution in [3.63, 3.8) is 0 Å². The maximum atomic E-state index is 13.5. The van der Waals surface area contributed by atoms with Gasteiger partial charge in [0.15, 0.2) is 0 Å². The molecule has 0 bridgehead atoms. The molecule has 1 atom stereocenters. The van der Waals surface area contributed by atoms with E-state index >= 15 is 0 Å². The molecule has 0 saturated carbocycles. The third kappa shape index (κ3) is 4.33. The lowest BCUT2D eigenvalue weighted by Crippen LogP contribution is -2.38. The number of nitrogens with zero attached hydrogens (tertiary/aromatic N) is 3. The number of ether oxygens (including phenoxy) is 1. The first kappa shape index (κ1) is 21.9. The summed E-state index contributed by atoms with van der Waals surface area (Å²) in [6, 6.07) is 16.9. The molecule has 33 heavy (non-hydrogen) atoms. The van der Waals surface area contributed by atoms with Gasteiger partial charge in [0, 0.05) is 37.3 Å². The van der Waals surface area contributed by atoms with Crippen LogP contribution >= 0.6 is 0 Å². The fourth-order valence-electron chi connectivity index (χ4n) is 4.93. The van der Waals surface area contributed by atoms with Crippen molar-refractivity contribution in [2.45, 2.75) is 32.7 Å². The van der Waals surface area contributed by atoms with Gasteiger partial charge in [-0.1, -0.05) is 61.0 Å². The Labute approximate surface area is 195 Å². The number of amides is 1. The van der Waals surface area contributed by atoms with Crippen molar-refractivity contribution in [1.29, 1.82) is 0 Å². The average Bonchev–Trinajstić information content (AvgIpc) is 3.40. The SMILES string of the molecule is CCc1ccc(C2c3c(-c4ccc(C)cc4)n[nH]c3C(=O)N2CCCN2CCOCC2)cc1. The van der Waals surface area contributed by atoms with Crippen LogP contribution in [0.25, 0.3) is 11.3 Å². The lowest BCUT2D eigenvalue weighted by molar-refractivity contribution is 0.0354. The van der Waals surface area contributed by atoms with Crippen molar-refractivity contribution in [3.8, 4) is 11.3 Å². The quantitative estimate of drug-likeness (QED) is 0.593. The summed E-state index contributed by atoms with van der Waals surface area (Å²) in [4.78, 5) is 18.0. The summed E-state index contributed by atoms with van der Waals surface area (Å²) >= 11 is 0. The van der Waals surface area contributed by atoms with Crippen LogP contribution in [-0.4, -0.2) is 65.3 Å². The third-order valence-corrected chi connectivity index (χ3v) is 6.87. The Balaban J connectivity index is 1.47. The molecule has 2 aliphatic heterocycles. The first-order valence-electron chi connectivity index (χ1n) is 12.0. The number of rotatable bonds is 7. The van der Waals surface area contributed by atoms with Crippen molar-refractivity contribution in [2.24, 2.45) is 0 Å². The molecule has 0 radical (unpaired) electrons. The van der Waals surface area contributed by atoms with Gasteiger partial charge in [0.25, 0.3) is 5.91 Å². The van der Waals surface area contributed by atoms with Crippen molar-refractivity contribution in [1.82, 2.24) is 20.0 Å². The monoisotopic (exact) mass is 444 g/mol. The zero-order chi connectivity index (χ0) is 22.8. The van der Waals surface area contributed by atoms with Gasteiger partial charge in [0.2, 0.25) is 0 Å². The second kappa shape index (κ2) is 9.49. The largest absolute Gasteiger partial charge is 0.379 e. The Hall–Kier alpha value is -2.96. The van der Waals surface area contributed by atoms with Crippen molar-refractivity contribution in [2.75, 3.05) is 39.4 Å². The molecule has 0 spiro atoms. The number of fused-ring (bicyclic) bond motifs is 1. The number of carbonyl (C=O) groups is 1. The maximum Gasteiger partial charge on any atom is 0.273 e. The van der Waals surface area contributed by atoms with Gasteiger partial charge in [-0.25, -0.2) is 0 Å². The zero-order valence-corrected chi connectivity index (χ0v) is 19.5. The Morgan fingerprint density at radius 1 is 1.03 bits per heavy atom. The molecular formula is C27H32N4O2. The van der Waals surface area contributed by atoms with Crippen LogP contribution in [0, 0.1) is 6.92 Å². The summed E-state index contributed by atoms with van der Waals surface area (Å²) in [5, 5.41) is 7.66. The highest BCUT2D eigenvalue weighted by Crippen LogP contribution is 2.42. The zero-order valence-electron chi connectivity index (χ0n) is 19.5. The number of nitrogens with one attached hydrogen (secondary N) is 1. The van der Waals surface area contributed by atoms with Gasteiger partial charge in [-0.05, 0) is 30.9 Å². The van der Waals surface area contributed by atoms with Crippen LogP contribution in [0.2, 0.25) is 0 Å². The predicted octanol–water partition coefficient (Wildman–Crippen LogP) is 4.22. The van der Waals surface area contributed by atoms with Gasteiger partial charge in [0.05, 0.1) is 24.9 Å². The van der Waals surface area contributed by atoms with Gasteiger partial charge >= 0.3 is 0 Å². The van der Waals surface area contributed by atoms with Gasteiger partial charge < -0.3 is 9.64 Å². The van der Waals surface area contributed by atoms with Crippen LogP contribution in [-0.2, 0) is 11.2 Å². The molecule has 5 rings (SSSR count). The number of aryl methyl sites for hydroxylation is 2. The minimum atomic E-state index is -0.127. The first-order chi connectivity index (χ1) is 16.2. The molecule has 2 aromatic carbocycles. The molecule has 1 aromatic heterocycles. The van der Waals surface area contributed by atoms with Crippen LogP contribution in [0.4, 0.5) is 0 Å². The molecule has 172 valence electrons. The van der Waals surface area contributed by atoms with Crippen LogP contribution in [0.15, 0.2) is 48.5 Å². The maximum absolute atomic E-state index is 13.5. The summed E-state index contributed by atoms with van der Waals surface area (Å²) < 4.78 is 5.47. The highest BCUT2D eigenvalue weighted by Gasteiger charge is 2.41. The standard InChI is InChI=1S/C27H32N4O2/c1-3-20-7-11-22(12-8-20)26-23-24(21-9-5-19(2)6-10-21)28-29-25(23)27(32)31(26)14-4-13-30-15-17-33-18-16-30/h5-12,26H,3-4,13-18H2,1-2H3,(H,28,29). The fraction of sp³-hybridized carbons (Fsp3) is 0.407. The van der Waals surface area contributed by atoms with Gasteiger partial charge in [-0.15, -0.1) is 0 Å². The lowest BCUT2D eigenvalue weighted by Gasteiger charge is -2.29. The van der Waals surface area contributed by atoms with E-state index in [4.69, 9.17) is 4.74 Å². The number of H-pyrrole nitrogens is 1. The smallest absolute Gasteiger partial charge is 0.273 e. The fourth-order valence-corrected chi connectivity index (χ4v) is 4.93. The third-order valence-electron chi connectivity index (χ3n) is 6.87. The molecule has 3 heterocycles.